The number of nitro groups is 1. The number of likely N-dealkylation sites (tertiary alicyclic amines) is 1. The van der Waals surface area contributed by atoms with Gasteiger partial charge in [0.25, 0.3) is 5.69 Å². The molecule has 0 N–H and O–H groups in total. The van der Waals surface area contributed by atoms with Gasteiger partial charge in [0.05, 0.1) is 16.8 Å². The lowest BCUT2D eigenvalue weighted by Crippen LogP contribution is -2.49. The number of nitro benzene ring substituents is 1. The number of non-ortho nitro benzene ring substituents is 1. The van der Waals surface area contributed by atoms with E-state index in [2.05, 4.69) is 4.90 Å². The molecule has 4 rings (SSSR count). The van der Waals surface area contributed by atoms with Gasteiger partial charge in [-0.1, -0.05) is 12.8 Å². The van der Waals surface area contributed by atoms with Crippen molar-refractivity contribution >= 4 is 29.1 Å². The zero-order chi connectivity index (χ0) is 21.3. The van der Waals surface area contributed by atoms with Crippen molar-refractivity contribution in [1.29, 1.82) is 0 Å². The van der Waals surface area contributed by atoms with Gasteiger partial charge < -0.3 is 9.80 Å². The van der Waals surface area contributed by atoms with Crippen LogP contribution in [0, 0.1) is 22.0 Å². The number of carbonyl (C=O) groups excluding carboxylic acids is 3. The Hall–Kier alpha value is -2.97. The molecule has 1 aliphatic carbocycles. The second-order valence-corrected chi connectivity index (χ2v) is 8.22. The minimum absolute atomic E-state index is 0.0474. The monoisotopic (exact) mass is 414 g/mol. The van der Waals surface area contributed by atoms with Gasteiger partial charge in [0.15, 0.2) is 0 Å². The minimum atomic E-state index is -0.425. The van der Waals surface area contributed by atoms with Gasteiger partial charge in [-0.2, -0.15) is 0 Å². The van der Waals surface area contributed by atoms with E-state index in [0.29, 0.717) is 26.2 Å². The first-order chi connectivity index (χ1) is 14.5. The lowest BCUT2D eigenvalue weighted by Gasteiger charge is -2.36. The van der Waals surface area contributed by atoms with Gasteiger partial charge in [0.2, 0.25) is 17.7 Å². The molecule has 0 aromatic heterocycles. The number of fused-ring (bicyclic) bond motifs is 1. The highest BCUT2D eigenvalue weighted by molar-refractivity contribution is 6.05. The zero-order valence-corrected chi connectivity index (χ0v) is 16.9. The number of benzene rings is 1. The molecule has 0 bridgehead atoms. The van der Waals surface area contributed by atoms with Gasteiger partial charge >= 0.3 is 0 Å². The molecule has 2 aliphatic heterocycles. The number of imide groups is 1. The van der Waals surface area contributed by atoms with Crippen LogP contribution in [0.4, 0.5) is 11.4 Å². The van der Waals surface area contributed by atoms with E-state index in [1.165, 1.54) is 17.0 Å². The van der Waals surface area contributed by atoms with Crippen LogP contribution < -0.4 is 4.90 Å². The van der Waals surface area contributed by atoms with Crippen LogP contribution in [-0.4, -0.2) is 65.2 Å². The maximum atomic E-state index is 12.6. The average Bonchev–Trinajstić information content (AvgIpc) is 3.02. The summed E-state index contributed by atoms with van der Waals surface area (Å²) < 4.78 is 0. The number of carbonyl (C=O) groups is 3. The van der Waals surface area contributed by atoms with Crippen LogP contribution in [0.1, 0.15) is 32.1 Å². The van der Waals surface area contributed by atoms with Crippen LogP contribution in [-0.2, 0) is 14.4 Å². The summed E-state index contributed by atoms with van der Waals surface area (Å²) in [5.41, 5.74) is 0.946. The maximum absolute atomic E-state index is 12.6. The van der Waals surface area contributed by atoms with Crippen molar-refractivity contribution in [3.05, 3.63) is 34.4 Å². The molecule has 30 heavy (non-hydrogen) atoms. The van der Waals surface area contributed by atoms with Gasteiger partial charge in [-0.25, -0.2) is 0 Å². The molecule has 2 saturated heterocycles. The number of hydrogen-bond acceptors (Lipinski definition) is 6. The van der Waals surface area contributed by atoms with Gasteiger partial charge in [-0.3, -0.25) is 29.4 Å². The molecule has 1 saturated carbocycles. The summed E-state index contributed by atoms with van der Waals surface area (Å²) in [5.74, 6) is -0.590. The summed E-state index contributed by atoms with van der Waals surface area (Å²) in [6.45, 7) is 2.53. The molecule has 0 radical (unpaired) electrons. The molecule has 0 unspecified atom stereocenters. The summed E-state index contributed by atoms with van der Waals surface area (Å²) in [6, 6.07) is 6.41. The molecule has 160 valence electrons. The molecule has 2 atom stereocenters. The molecule has 3 amide bonds. The molecule has 1 aromatic rings. The van der Waals surface area contributed by atoms with Crippen molar-refractivity contribution in [2.24, 2.45) is 11.8 Å². The van der Waals surface area contributed by atoms with Crippen molar-refractivity contribution in [2.45, 2.75) is 32.1 Å². The Morgan fingerprint density at radius 1 is 0.967 bits per heavy atom. The van der Waals surface area contributed by atoms with Crippen molar-refractivity contribution in [2.75, 3.05) is 37.6 Å². The topological polar surface area (TPSA) is 104 Å². The van der Waals surface area contributed by atoms with Crippen LogP contribution in [0.5, 0.6) is 0 Å². The Morgan fingerprint density at radius 3 is 2.07 bits per heavy atom. The molecular formula is C21H26N4O5. The number of nitrogens with zero attached hydrogens (tertiary/aromatic N) is 4. The molecule has 3 fully saturated rings. The predicted molar refractivity (Wildman–Crippen MR) is 109 cm³/mol. The van der Waals surface area contributed by atoms with E-state index < -0.39 is 4.92 Å². The predicted octanol–water partition coefficient (Wildman–Crippen LogP) is 1.81. The zero-order valence-electron chi connectivity index (χ0n) is 16.9. The fourth-order valence-electron chi connectivity index (χ4n) is 4.82. The summed E-state index contributed by atoms with van der Waals surface area (Å²) in [7, 11) is 0. The second-order valence-electron chi connectivity index (χ2n) is 8.22. The molecule has 0 spiro atoms. The van der Waals surface area contributed by atoms with Crippen LogP contribution in [0.3, 0.4) is 0 Å². The SMILES string of the molecule is O=C(CCN1C(=O)[C@H]2CCCC[C@H]2C1=O)N1CCN(c2ccc([N+](=O)[O-])cc2)CC1. The molecule has 9 nitrogen and oxygen atoms in total. The Balaban J connectivity index is 1.27. The normalized spacial score (nSPS) is 24.2. The summed E-state index contributed by atoms with van der Waals surface area (Å²) in [6.07, 6.45) is 3.71. The first-order valence-electron chi connectivity index (χ1n) is 10.6. The van der Waals surface area contributed by atoms with E-state index in [4.69, 9.17) is 0 Å². The van der Waals surface area contributed by atoms with E-state index >= 15 is 0 Å². The van der Waals surface area contributed by atoms with Gasteiger partial charge in [0.1, 0.15) is 0 Å². The fraction of sp³-hybridized carbons (Fsp3) is 0.571. The smallest absolute Gasteiger partial charge is 0.269 e. The van der Waals surface area contributed by atoms with Crippen molar-refractivity contribution in [3.8, 4) is 0 Å². The van der Waals surface area contributed by atoms with Crippen LogP contribution >= 0.6 is 0 Å². The quantitative estimate of drug-likeness (QED) is 0.413. The minimum Gasteiger partial charge on any atom is -0.368 e. The first kappa shape index (κ1) is 20.3. The number of rotatable bonds is 5. The van der Waals surface area contributed by atoms with Crippen LogP contribution in [0.25, 0.3) is 0 Å². The highest BCUT2D eigenvalue weighted by Crippen LogP contribution is 2.38. The lowest BCUT2D eigenvalue weighted by atomic mass is 9.81. The fourth-order valence-corrected chi connectivity index (χ4v) is 4.82. The second kappa shape index (κ2) is 8.41. The van der Waals surface area contributed by atoms with E-state index in [-0.39, 0.29) is 48.2 Å². The Morgan fingerprint density at radius 2 is 1.53 bits per heavy atom. The van der Waals surface area contributed by atoms with Gasteiger partial charge in [-0.15, -0.1) is 0 Å². The van der Waals surface area contributed by atoms with Crippen LogP contribution in [0.15, 0.2) is 24.3 Å². The summed E-state index contributed by atoms with van der Waals surface area (Å²) in [4.78, 5) is 53.2. The Labute approximate surface area is 174 Å². The summed E-state index contributed by atoms with van der Waals surface area (Å²) >= 11 is 0. The number of piperazine rings is 1. The molecular weight excluding hydrogens is 388 g/mol. The highest BCUT2D eigenvalue weighted by Gasteiger charge is 2.47. The molecule has 9 heteroatoms. The first-order valence-corrected chi connectivity index (χ1v) is 10.6. The Kier molecular flexibility index (Phi) is 5.69. The van der Waals surface area contributed by atoms with Gasteiger partial charge in [-0.05, 0) is 25.0 Å². The molecule has 3 aliphatic rings. The number of anilines is 1. The van der Waals surface area contributed by atoms with Crippen molar-refractivity contribution in [3.63, 3.8) is 0 Å². The average molecular weight is 414 g/mol. The van der Waals surface area contributed by atoms with E-state index in [1.54, 1.807) is 17.0 Å². The van der Waals surface area contributed by atoms with E-state index in [9.17, 15) is 24.5 Å². The van der Waals surface area contributed by atoms with E-state index in [1.807, 2.05) is 0 Å². The molecule has 2 heterocycles. The number of amides is 3. The van der Waals surface area contributed by atoms with E-state index in [0.717, 1.165) is 31.4 Å². The lowest BCUT2D eigenvalue weighted by molar-refractivity contribution is -0.384. The highest BCUT2D eigenvalue weighted by atomic mass is 16.6. The third-order valence-electron chi connectivity index (χ3n) is 6.54. The number of hydrogen-bond donors (Lipinski definition) is 0. The van der Waals surface area contributed by atoms with Crippen molar-refractivity contribution < 1.29 is 19.3 Å². The third-order valence-corrected chi connectivity index (χ3v) is 6.54. The largest absolute Gasteiger partial charge is 0.368 e. The van der Waals surface area contributed by atoms with Gasteiger partial charge in [0, 0.05) is 57.0 Å². The van der Waals surface area contributed by atoms with Crippen molar-refractivity contribution in [1.82, 2.24) is 9.80 Å². The summed E-state index contributed by atoms with van der Waals surface area (Å²) in [5, 5.41) is 10.8. The standard InChI is InChI=1S/C21H26N4O5/c26-19(9-10-24-20(27)17-3-1-2-4-18(17)21(24)28)23-13-11-22(12-14-23)15-5-7-16(8-6-15)25(29)30/h5-8,17-18H,1-4,9-14H2/t17-,18+. The third kappa shape index (κ3) is 3.88. The Bertz CT molecular complexity index is 823. The maximum Gasteiger partial charge on any atom is 0.269 e. The molecule has 1 aromatic carbocycles. The van der Waals surface area contributed by atoms with Crippen LogP contribution in [0.2, 0.25) is 0 Å².